The number of anilines is 2. The first-order valence-electron chi connectivity index (χ1n) is 10.1. The summed E-state index contributed by atoms with van der Waals surface area (Å²) in [6, 6.07) is 21.7. The van der Waals surface area contributed by atoms with Gasteiger partial charge in [-0.1, -0.05) is 51.8 Å². The third kappa shape index (κ3) is 6.79. The van der Waals surface area contributed by atoms with Gasteiger partial charge in [-0.2, -0.15) is 5.26 Å². The molecule has 7 heteroatoms. The molecular weight excluding hydrogens is 482 g/mol. The number of hydrogen-bond donors (Lipinski definition) is 2. The quantitative estimate of drug-likeness (QED) is 0.322. The molecule has 3 aromatic carbocycles. The fourth-order valence-electron chi connectivity index (χ4n) is 3.07. The molecule has 166 valence electrons. The lowest BCUT2D eigenvalue weighted by Crippen LogP contribution is -2.21. The van der Waals surface area contributed by atoms with Gasteiger partial charge in [0.05, 0.1) is 0 Å². The molecule has 0 aliphatic rings. The molecule has 0 heterocycles. The number of nitrogens with zero attached hydrogens (tertiary/aromatic N) is 1. The van der Waals surface area contributed by atoms with Crippen molar-refractivity contribution in [1.29, 1.82) is 5.26 Å². The molecule has 0 aliphatic heterocycles. The van der Waals surface area contributed by atoms with E-state index < -0.39 is 5.91 Å². The molecule has 2 amide bonds. The van der Waals surface area contributed by atoms with Crippen LogP contribution in [0.1, 0.15) is 16.7 Å². The SMILES string of the molecule is Cc1ccc(NC(=O)COc2ccc(Br)cc2/C=C(\C#N)C(=O)Nc2ccccc2)c(C)c1. The van der Waals surface area contributed by atoms with E-state index in [-0.39, 0.29) is 18.1 Å². The summed E-state index contributed by atoms with van der Waals surface area (Å²) in [5, 5.41) is 15.0. The first-order valence-corrected chi connectivity index (χ1v) is 10.9. The van der Waals surface area contributed by atoms with Gasteiger partial charge in [0.2, 0.25) is 0 Å². The summed E-state index contributed by atoms with van der Waals surface area (Å²) in [4.78, 5) is 25.0. The first-order chi connectivity index (χ1) is 15.9. The Bertz CT molecular complexity index is 1250. The van der Waals surface area contributed by atoms with Crippen LogP contribution in [-0.4, -0.2) is 18.4 Å². The number of ether oxygens (including phenoxy) is 1. The van der Waals surface area contributed by atoms with Crippen LogP contribution in [0.5, 0.6) is 5.75 Å². The highest BCUT2D eigenvalue weighted by molar-refractivity contribution is 9.10. The number of nitriles is 1. The maximum atomic E-state index is 12.6. The zero-order valence-electron chi connectivity index (χ0n) is 18.2. The maximum absolute atomic E-state index is 12.6. The van der Waals surface area contributed by atoms with Gasteiger partial charge < -0.3 is 15.4 Å². The third-order valence-electron chi connectivity index (χ3n) is 4.68. The normalized spacial score (nSPS) is 10.8. The highest BCUT2D eigenvalue weighted by Crippen LogP contribution is 2.26. The number of carbonyl (C=O) groups excluding carboxylic acids is 2. The van der Waals surface area contributed by atoms with Gasteiger partial charge >= 0.3 is 0 Å². The molecule has 6 nitrogen and oxygen atoms in total. The number of carbonyl (C=O) groups is 2. The zero-order chi connectivity index (χ0) is 23.8. The molecule has 2 N–H and O–H groups in total. The zero-order valence-corrected chi connectivity index (χ0v) is 19.8. The van der Waals surface area contributed by atoms with Gasteiger partial charge in [0.15, 0.2) is 6.61 Å². The summed E-state index contributed by atoms with van der Waals surface area (Å²) < 4.78 is 6.45. The average Bonchev–Trinajstić information content (AvgIpc) is 2.79. The van der Waals surface area contributed by atoms with Crippen LogP contribution in [0.15, 0.2) is 76.8 Å². The molecule has 0 unspecified atom stereocenters. The van der Waals surface area contributed by atoms with Gasteiger partial charge in [0, 0.05) is 21.4 Å². The summed E-state index contributed by atoms with van der Waals surface area (Å²) in [5.41, 5.74) is 3.76. The Morgan fingerprint density at radius 2 is 1.79 bits per heavy atom. The fourth-order valence-corrected chi connectivity index (χ4v) is 3.45. The second-order valence-electron chi connectivity index (χ2n) is 7.33. The molecule has 0 aromatic heterocycles. The van der Waals surface area contributed by atoms with Crippen molar-refractivity contribution >= 4 is 45.2 Å². The minimum atomic E-state index is -0.540. The molecule has 33 heavy (non-hydrogen) atoms. The van der Waals surface area contributed by atoms with Crippen molar-refractivity contribution in [3.05, 3.63) is 93.5 Å². The minimum Gasteiger partial charge on any atom is -0.483 e. The molecule has 0 aliphatic carbocycles. The lowest BCUT2D eigenvalue weighted by Gasteiger charge is -2.12. The number of hydrogen-bond acceptors (Lipinski definition) is 4. The molecule has 0 spiro atoms. The Balaban J connectivity index is 1.74. The van der Waals surface area contributed by atoms with Crippen molar-refractivity contribution in [2.45, 2.75) is 13.8 Å². The number of nitrogens with one attached hydrogen (secondary N) is 2. The smallest absolute Gasteiger partial charge is 0.266 e. The van der Waals surface area contributed by atoms with Crippen LogP contribution in [0.4, 0.5) is 11.4 Å². The molecule has 0 saturated carbocycles. The number of halogens is 1. The van der Waals surface area contributed by atoms with Gasteiger partial charge in [-0.05, 0) is 61.9 Å². The Kier molecular flexibility index (Phi) is 8.01. The summed E-state index contributed by atoms with van der Waals surface area (Å²) >= 11 is 3.39. The molecule has 0 bridgehead atoms. The molecule has 3 aromatic rings. The van der Waals surface area contributed by atoms with E-state index in [9.17, 15) is 14.9 Å². The van der Waals surface area contributed by atoms with Crippen molar-refractivity contribution < 1.29 is 14.3 Å². The van der Waals surface area contributed by atoms with Crippen LogP contribution in [0, 0.1) is 25.2 Å². The molecule has 0 atom stereocenters. The summed E-state index contributed by atoms with van der Waals surface area (Å²) in [6.07, 6.45) is 1.43. The standard InChI is InChI=1S/C26H22BrN3O3/c1-17-8-10-23(18(2)12-17)30-25(31)16-33-24-11-9-21(27)14-19(24)13-20(15-28)26(32)29-22-6-4-3-5-7-22/h3-14H,16H2,1-2H3,(H,29,32)(H,30,31)/b20-13+. The number of para-hydroxylation sites is 1. The van der Waals surface area contributed by atoms with Gasteiger partial charge in [0.25, 0.3) is 11.8 Å². The first kappa shape index (κ1) is 23.8. The van der Waals surface area contributed by atoms with E-state index in [1.807, 2.05) is 44.2 Å². The van der Waals surface area contributed by atoms with Crippen molar-refractivity contribution in [1.82, 2.24) is 0 Å². The van der Waals surface area contributed by atoms with E-state index in [0.717, 1.165) is 21.3 Å². The Morgan fingerprint density at radius 1 is 1.03 bits per heavy atom. The van der Waals surface area contributed by atoms with Crippen molar-refractivity contribution in [2.75, 3.05) is 17.2 Å². The number of aryl methyl sites for hydroxylation is 2. The monoisotopic (exact) mass is 503 g/mol. The van der Waals surface area contributed by atoms with Crippen LogP contribution < -0.4 is 15.4 Å². The van der Waals surface area contributed by atoms with E-state index in [1.165, 1.54) is 6.08 Å². The van der Waals surface area contributed by atoms with Crippen molar-refractivity contribution in [3.63, 3.8) is 0 Å². The van der Waals surface area contributed by atoms with Gasteiger partial charge in [-0.15, -0.1) is 0 Å². The van der Waals surface area contributed by atoms with E-state index in [4.69, 9.17) is 4.74 Å². The summed E-state index contributed by atoms with van der Waals surface area (Å²) in [6.45, 7) is 3.68. The van der Waals surface area contributed by atoms with Crippen molar-refractivity contribution in [2.24, 2.45) is 0 Å². The van der Waals surface area contributed by atoms with Crippen molar-refractivity contribution in [3.8, 4) is 11.8 Å². The van der Waals surface area contributed by atoms with E-state index in [0.29, 0.717) is 17.0 Å². The molecule has 0 fully saturated rings. The number of rotatable bonds is 7. The maximum Gasteiger partial charge on any atom is 0.266 e. The van der Waals surface area contributed by atoms with E-state index >= 15 is 0 Å². The second-order valence-corrected chi connectivity index (χ2v) is 8.24. The lowest BCUT2D eigenvalue weighted by molar-refractivity contribution is -0.118. The van der Waals surface area contributed by atoms with Gasteiger partial charge in [-0.3, -0.25) is 9.59 Å². The number of amides is 2. The number of benzene rings is 3. The van der Waals surface area contributed by atoms with E-state index in [2.05, 4.69) is 26.6 Å². The van der Waals surface area contributed by atoms with Crippen LogP contribution in [0.2, 0.25) is 0 Å². The molecule has 3 rings (SSSR count). The third-order valence-corrected chi connectivity index (χ3v) is 5.18. The topological polar surface area (TPSA) is 91.2 Å². The van der Waals surface area contributed by atoms with Crippen LogP contribution in [0.3, 0.4) is 0 Å². The molecular formula is C26H22BrN3O3. The highest BCUT2D eigenvalue weighted by Gasteiger charge is 2.13. The van der Waals surface area contributed by atoms with Gasteiger partial charge in [0.1, 0.15) is 17.4 Å². The Labute approximate surface area is 201 Å². The second kappa shape index (κ2) is 11.1. The Morgan fingerprint density at radius 3 is 2.48 bits per heavy atom. The fraction of sp³-hybridized carbons (Fsp3) is 0.115. The van der Waals surface area contributed by atoms with E-state index in [1.54, 1.807) is 42.5 Å². The van der Waals surface area contributed by atoms with Crippen LogP contribution in [0.25, 0.3) is 6.08 Å². The van der Waals surface area contributed by atoms with Crippen LogP contribution >= 0.6 is 15.9 Å². The Hall–Kier alpha value is -3.89. The predicted octanol–water partition coefficient (Wildman–Crippen LogP) is 5.63. The lowest BCUT2D eigenvalue weighted by atomic mass is 10.1. The highest BCUT2D eigenvalue weighted by atomic mass is 79.9. The summed E-state index contributed by atoms with van der Waals surface area (Å²) in [5.74, 6) is -0.487. The van der Waals surface area contributed by atoms with Gasteiger partial charge in [-0.25, -0.2) is 0 Å². The molecule has 0 saturated heterocycles. The summed E-state index contributed by atoms with van der Waals surface area (Å²) in [7, 11) is 0. The predicted molar refractivity (Wildman–Crippen MR) is 133 cm³/mol. The molecule has 0 radical (unpaired) electrons. The largest absolute Gasteiger partial charge is 0.483 e. The van der Waals surface area contributed by atoms with Crippen LogP contribution in [-0.2, 0) is 9.59 Å². The average molecular weight is 504 g/mol. The minimum absolute atomic E-state index is 0.0958.